The first-order valence-corrected chi connectivity index (χ1v) is 11.7. The van der Waals surface area contributed by atoms with Crippen LogP contribution in [-0.2, 0) is 24.6 Å². The lowest BCUT2D eigenvalue weighted by Gasteiger charge is -2.26. The van der Waals surface area contributed by atoms with Gasteiger partial charge in [-0.05, 0) is 18.2 Å². The van der Waals surface area contributed by atoms with E-state index in [4.69, 9.17) is 9.47 Å². The summed E-state index contributed by atoms with van der Waals surface area (Å²) >= 11 is 0. The molecule has 1 fully saturated rings. The second-order valence-corrected chi connectivity index (χ2v) is 10.3. The number of methoxy groups -OCH3 is 1. The smallest absolute Gasteiger partial charge is 0.255 e. The molecule has 0 atom stereocenters. The molecule has 0 aromatic heterocycles. The van der Waals surface area contributed by atoms with Gasteiger partial charge < -0.3 is 14.8 Å². The minimum atomic E-state index is -3.77. The Bertz CT molecular complexity index is 876. The molecule has 11 heteroatoms. The van der Waals surface area contributed by atoms with E-state index in [9.17, 15) is 21.6 Å². The lowest BCUT2D eigenvalue weighted by molar-refractivity contribution is 0.0730. The first-order valence-electron chi connectivity index (χ1n) is 8.46. The van der Waals surface area contributed by atoms with E-state index in [0.717, 1.165) is 0 Å². The third-order valence-corrected chi connectivity index (χ3v) is 7.76. The highest BCUT2D eigenvalue weighted by Gasteiger charge is 2.28. The van der Waals surface area contributed by atoms with Gasteiger partial charge >= 0.3 is 0 Å². The van der Waals surface area contributed by atoms with Gasteiger partial charge in [-0.1, -0.05) is 6.92 Å². The second-order valence-electron chi connectivity index (χ2n) is 5.87. The number of benzene rings is 1. The molecule has 1 aromatic rings. The van der Waals surface area contributed by atoms with Crippen molar-refractivity contribution >= 4 is 25.8 Å². The molecule has 0 radical (unpaired) electrons. The average molecular weight is 421 g/mol. The Hall–Kier alpha value is -1.69. The first kappa shape index (κ1) is 21.6. The largest absolute Gasteiger partial charge is 0.496 e. The Labute approximate surface area is 159 Å². The fourth-order valence-corrected chi connectivity index (χ4v) is 4.66. The zero-order valence-corrected chi connectivity index (χ0v) is 16.9. The number of hydrogen-bond acceptors (Lipinski definition) is 7. The van der Waals surface area contributed by atoms with Crippen LogP contribution in [0.15, 0.2) is 23.1 Å². The highest BCUT2D eigenvalue weighted by atomic mass is 32.2. The number of nitrogens with zero attached hydrogens (tertiary/aromatic N) is 1. The van der Waals surface area contributed by atoms with Crippen LogP contribution in [0.3, 0.4) is 0 Å². The molecular weight excluding hydrogens is 396 g/mol. The highest BCUT2D eigenvalue weighted by Crippen LogP contribution is 2.25. The lowest BCUT2D eigenvalue weighted by Crippen LogP contribution is -2.40. The Balaban J connectivity index is 2.22. The van der Waals surface area contributed by atoms with Gasteiger partial charge in [0.2, 0.25) is 10.0 Å². The molecule has 1 amide bonds. The first-order chi connectivity index (χ1) is 12.7. The van der Waals surface area contributed by atoms with Gasteiger partial charge in [0.05, 0.1) is 36.5 Å². The van der Waals surface area contributed by atoms with Crippen LogP contribution >= 0.6 is 0 Å². The average Bonchev–Trinajstić information content (AvgIpc) is 2.67. The van der Waals surface area contributed by atoms with Crippen molar-refractivity contribution in [2.75, 3.05) is 51.5 Å². The number of sulfone groups is 1. The van der Waals surface area contributed by atoms with Crippen molar-refractivity contribution in [2.24, 2.45) is 0 Å². The minimum Gasteiger partial charge on any atom is -0.496 e. The zero-order chi connectivity index (χ0) is 20.1. The minimum absolute atomic E-state index is 0.0144. The van der Waals surface area contributed by atoms with Crippen LogP contribution in [0, 0.1) is 0 Å². The van der Waals surface area contributed by atoms with E-state index in [1.807, 2.05) is 0 Å². The standard InChI is InChI=1S/C16H24N2O7S2/c1-3-26(20,21)11-6-17-16(19)14-12-13(4-5-15(14)24-2)27(22,23)18-7-9-25-10-8-18/h4-5,12H,3,6-11H2,1-2H3,(H,17,19). The van der Waals surface area contributed by atoms with Crippen molar-refractivity contribution < 1.29 is 31.1 Å². The Kier molecular flexibility index (Phi) is 7.20. The summed E-state index contributed by atoms with van der Waals surface area (Å²) in [5, 5.41) is 2.50. The van der Waals surface area contributed by atoms with E-state index in [1.54, 1.807) is 0 Å². The van der Waals surface area contributed by atoms with E-state index < -0.39 is 25.8 Å². The Morgan fingerprint density at radius 1 is 1.22 bits per heavy atom. The summed E-state index contributed by atoms with van der Waals surface area (Å²) in [6.45, 7) is 2.57. The Morgan fingerprint density at radius 2 is 1.89 bits per heavy atom. The molecular formula is C16H24N2O7S2. The van der Waals surface area contributed by atoms with Gasteiger partial charge in [-0.2, -0.15) is 4.31 Å². The lowest BCUT2D eigenvalue weighted by atomic mass is 10.2. The molecule has 1 aliphatic heterocycles. The van der Waals surface area contributed by atoms with E-state index in [-0.39, 0.29) is 47.3 Å². The topological polar surface area (TPSA) is 119 Å². The SMILES string of the molecule is CCS(=O)(=O)CCNC(=O)c1cc(S(=O)(=O)N2CCOCC2)ccc1OC. The number of carbonyl (C=O) groups is 1. The van der Waals surface area contributed by atoms with Crippen LogP contribution in [0.5, 0.6) is 5.75 Å². The molecule has 0 bridgehead atoms. The van der Waals surface area contributed by atoms with Crippen LogP contribution in [0.2, 0.25) is 0 Å². The molecule has 1 aromatic carbocycles. The van der Waals surface area contributed by atoms with Crippen LogP contribution in [0.25, 0.3) is 0 Å². The maximum Gasteiger partial charge on any atom is 0.255 e. The highest BCUT2D eigenvalue weighted by molar-refractivity contribution is 7.91. The number of morpholine rings is 1. The number of carbonyl (C=O) groups excluding carboxylic acids is 1. The van der Waals surface area contributed by atoms with Crippen molar-refractivity contribution in [3.8, 4) is 5.75 Å². The van der Waals surface area contributed by atoms with Crippen LogP contribution in [0.4, 0.5) is 0 Å². The number of ether oxygens (including phenoxy) is 2. The maximum atomic E-state index is 12.8. The van der Waals surface area contributed by atoms with Gasteiger partial charge in [0.25, 0.3) is 5.91 Å². The molecule has 1 aliphatic rings. The molecule has 1 N–H and O–H groups in total. The monoisotopic (exact) mass is 420 g/mol. The van der Waals surface area contributed by atoms with E-state index in [2.05, 4.69) is 5.32 Å². The van der Waals surface area contributed by atoms with Crippen molar-refractivity contribution in [3.63, 3.8) is 0 Å². The molecule has 0 unspecified atom stereocenters. The normalized spacial score (nSPS) is 16.1. The predicted molar refractivity (Wildman–Crippen MR) is 99.2 cm³/mol. The molecule has 1 saturated heterocycles. The summed E-state index contributed by atoms with van der Waals surface area (Å²) < 4.78 is 60.2. The summed E-state index contributed by atoms with van der Waals surface area (Å²) in [6.07, 6.45) is 0. The third-order valence-electron chi connectivity index (χ3n) is 4.16. The predicted octanol–water partition coefficient (Wildman–Crippen LogP) is -0.119. The molecule has 0 saturated carbocycles. The van der Waals surface area contributed by atoms with Crippen molar-refractivity contribution in [3.05, 3.63) is 23.8 Å². The summed E-state index contributed by atoms with van der Waals surface area (Å²) in [5.74, 6) is -0.605. The summed E-state index contributed by atoms with van der Waals surface area (Å²) in [7, 11) is -5.62. The van der Waals surface area contributed by atoms with Gasteiger partial charge in [0.15, 0.2) is 9.84 Å². The summed E-state index contributed by atoms with van der Waals surface area (Å²) in [6, 6.07) is 4.03. The fourth-order valence-electron chi connectivity index (χ4n) is 2.52. The molecule has 9 nitrogen and oxygen atoms in total. The fraction of sp³-hybridized carbons (Fsp3) is 0.562. The summed E-state index contributed by atoms with van der Waals surface area (Å²) in [4.78, 5) is 12.4. The number of sulfonamides is 1. The van der Waals surface area contributed by atoms with Gasteiger partial charge in [-0.3, -0.25) is 4.79 Å². The van der Waals surface area contributed by atoms with Crippen LogP contribution in [-0.4, -0.2) is 78.5 Å². The van der Waals surface area contributed by atoms with E-state index in [0.29, 0.717) is 13.2 Å². The molecule has 27 heavy (non-hydrogen) atoms. The van der Waals surface area contributed by atoms with E-state index in [1.165, 1.54) is 36.5 Å². The quantitative estimate of drug-likeness (QED) is 0.623. The Morgan fingerprint density at radius 3 is 2.48 bits per heavy atom. The number of rotatable bonds is 8. The van der Waals surface area contributed by atoms with Gasteiger partial charge in [0.1, 0.15) is 5.75 Å². The summed E-state index contributed by atoms with van der Waals surface area (Å²) in [5.41, 5.74) is 0.0285. The molecule has 1 heterocycles. The maximum absolute atomic E-state index is 12.8. The molecule has 0 spiro atoms. The number of nitrogens with one attached hydrogen (secondary N) is 1. The number of hydrogen-bond donors (Lipinski definition) is 1. The van der Waals surface area contributed by atoms with Gasteiger partial charge in [0, 0.05) is 25.4 Å². The zero-order valence-electron chi connectivity index (χ0n) is 15.3. The van der Waals surface area contributed by atoms with Gasteiger partial charge in [-0.25, -0.2) is 16.8 Å². The molecule has 0 aliphatic carbocycles. The molecule has 152 valence electrons. The van der Waals surface area contributed by atoms with Crippen molar-refractivity contribution in [1.82, 2.24) is 9.62 Å². The van der Waals surface area contributed by atoms with Crippen LogP contribution in [0.1, 0.15) is 17.3 Å². The van der Waals surface area contributed by atoms with Gasteiger partial charge in [-0.15, -0.1) is 0 Å². The van der Waals surface area contributed by atoms with Crippen LogP contribution < -0.4 is 10.1 Å². The number of amides is 1. The molecule has 2 rings (SSSR count). The van der Waals surface area contributed by atoms with Crippen molar-refractivity contribution in [1.29, 1.82) is 0 Å². The second kappa shape index (κ2) is 9.00. The van der Waals surface area contributed by atoms with E-state index >= 15 is 0 Å². The third kappa shape index (κ3) is 5.41. The van der Waals surface area contributed by atoms with Crippen molar-refractivity contribution in [2.45, 2.75) is 11.8 Å².